The van der Waals surface area contributed by atoms with E-state index in [0.29, 0.717) is 12.5 Å². The lowest BCUT2D eigenvalue weighted by Gasteiger charge is -2.34. The molecule has 1 aliphatic rings. The highest BCUT2D eigenvalue weighted by Crippen LogP contribution is 2.21. The van der Waals surface area contributed by atoms with E-state index in [1.165, 1.54) is 4.90 Å². The van der Waals surface area contributed by atoms with Crippen LogP contribution in [0.25, 0.3) is 0 Å². The quantitative estimate of drug-likeness (QED) is 0.572. The van der Waals surface area contributed by atoms with Crippen LogP contribution in [0.3, 0.4) is 0 Å². The Hall–Kier alpha value is -1.59. The minimum atomic E-state index is -4.25. The number of sulfonamides is 1. The van der Waals surface area contributed by atoms with Crippen LogP contribution in [0.5, 0.6) is 0 Å². The van der Waals surface area contributed by atoms with Gasteiger partial charge in [-0.05, 0) is 24.6 Å². The summed E-state index contributed by atoms with van der Waals surface area (Å²) in [7, 11) is -7.76. The molecule has 0 spiro atoms. The van der Waals surface area contributed by atoms with Gasteiger partial charge >= 0.3 is 0 Å². The van der Waals surface area contributed by atoms with Crippen molar-refractivity contribution < 1.29 is 30.4 Å². The number of halogens is 2. The van der Waals surface area contributed by atoms with Gasteiger partial charge in [0.1, 0.15) is 22.3 Å². The molecular formula is C17H24F2N2O5S2. The number of hydrogen-bond acceptors (Lipinski definition) is 5. The first-order valence-corrected chi connectivity index (χ1v) is 12.3. The molecule has 0 unspecified atom stereocenters. The molecule has 0 atom stereocenters. The maximum atomic E-state index is 13.8. The van der Waals surface area contributed by atoms with Crippen molar-refractivity contribution in [3.63, 3.8) is 0 Å². The fourth-order valence-corrected chi connectivity index (χ4v) is 5.76. The van der Waals surface area contributed by atoms with E-state index in [1.54, 1.807) is 0 Å². The van der Waals surface area contributed by atoms with Crippen LogP contribution in [0.2, 0.25) is 0 Å². The molecule has 1 aliphatic heterocycles. The SMILES string of the molecule is CCCCCS(=O)(=O)CC(=O)N1CCN(S(=O)(=O)c2cc(F)ccc2F)CC1. The van der Waals surface area contributed by atoms with Gasteiger partial charge in [0.2, 0.25) is 15.9 Å². The van der Waals surface area contributed by atoms with Gasteiger partial charge in [0.05, 0.1) is 5.75 Å². The van der Waals surface area contributed by atoms with Crippen molar-refractivity contribution in [2.24, 2.45) is 0 Å². The summed E-state index contributed by atoms with van der Waals surface area (Å²) in [4.78, 5) is 12.8. The zero-order chi connectivity index (χ0) is 20.9. The number of carbonyl (C=O) groups excluding carboxylic acids is 1. The highest BCUT2D eigenvalue weighted by atomic mass is 32.2. The summed E-state index contributed by atoms with van der Waals surface area (Å²) in [5.41, 5.74) is 0. The maximum Gasteiger partial charge on any atom is 0.246 e. The van der Waals surface area contributed by atoms with Gasteiger partial charge in [0.25, 0.3) is 0 Å². The molecule has 11 heteroatoms. The number of hydrogen-bond donors (Lipinski definition) is 0. The van der Waals surface area contributed by atoms with Crippen LogP contribution in [0.4, 0.5) is 8.78 Å². The van der Waals surface area contributed by atoms with Crippen LogP contribution >= 0.6 is 0 Å². The standard InChI is InChI=1S/C17H24F2N2O5S2/c1-2-3-4-11-27(23,24)13-17(22)20-7-9-21(10-8-20)28(25,26)16-12-14(18)5-6-15(16)19/h5-6,12H,2-4,7-11,13H2,1H3. The van der Waals surface area contributed by atoms with E-state index >= 15 is 0 Å². The summed E-state index contributed by atoms with van der Waals surface area (Å²) in [5.74, 6) is -3.17. The van der Waals surface area contributed by atoms with Crippen LogP contribution in [0, 0.1) is 11.6 Å². The molecule has 1 amide bonds. The largest absolute Gasteiger partial charge is 0.339 e. The Kier molecular flexibility index (Phi) is 7.52. The molecule has 0 saturated carbocycles. The molecule has 158 valence electrons. The highest BCUT2D eigenvalue weighted by molar-refractivity contribution is 7.92. The Bertz CT molecular complexity index is 911. The van der Waals surface area contributed by atoms with Crippen molar-refractivity contribution in [2.75, 3.05) is 37.7 Å². The molecule has 1 aromatic carbocycles. The number of carbonyl (C=O) groups is 1. The second kappa shape index (κ2) is 9.27. The second-order valence-corrected chi connectivity index (χ2v) is 10.7. The third kappa shape index (κ3) is 5.71. The molecule has 1 fully saturated rings. The molecule has 0 bridgehead atoms. The Balaban J connectivity index is 1.98. The lowest BCUT2D eigenvalue weighted by Crippen LogP contribution is -2.51. The van der Waals surface area contributed by atoms with Gasteiger partial charge in [-0.2, -0.15) is 4.31 Å². The summed E-state index contributed by atoms with van der Waals surface area (Å²) in [5, 5.41) is 0. The summed E-state index contributed by atoms with van der Waals surface area (Å²) in [6.07, 6.45) is 2.13. The maximum absolute atomic E-state index is 13.8. The van der Waals surface area contributed by atoms with E-state index in [4.69, 9.17) is 0 Å². The fourth-order valence-electron chi connectivity index (χ4n) is 2.92. The predicted octanol–water partition coefficient (Wildman–Crippen LogP) is 1.40. The molecular weight excluding hydrogens is 414 g/mol. The zero-order valence-corrected chi connectivity index (χ0v) is 17.2. The van der Waals surface area contributed by atoms with Gasteiger partial charge in [0, 0.05) is 26.2 Å². The Labute approximate surface area is 164 Å². The zero-order valence-electron chi connectivity index (χ0n) is 15.6. The smallest absolute Gasteiger partial charge is 0.246 e. The average molecular weight is 439 g/mol. The number of benzene rings is 1. The van der Waals surface area contributed by atoms with Crippen molar-refractivity contribution in [1.29, 1.82) is 0 Å². The number of piperazine rings is 1. The third-order valence-corrected chi connectivity index (χ3v) is 8.02. The molecule has 0 radical (unpaired) electrons. The number of unbranched alkanes of at least 4 members (excludes halogenated alkanes) is 2. The second-order valence-electron chi connectivity index (χ2n) is 6.66. The number of nitrogens with zero attached hydrogens (tertiary/aromatic N) is 2. The monoisotopic (exact) mass is 438 g/mol. The van der Waals surface area contributed by atoms with Crippen LogP contribution in [0.1, 0.15) is 26.2 Å². The molecule has 1 aromatic rings. The van der Waals surface area contributed by atoms with Gasteiger partial charge in [-0.15, -0.1) is 0 Å². The average Bonchev–Trinajstić information content (AvgIpc) is 2.63. The fraction of sp³-hybridized carbons (Fsp3) is 0.588. The molecule has 0 N–H and O–H groups in total. The van der Waals surface area contributed by atoms with Gasteiger partial charge < -0.3 is 4.90 Å². The third-order valence-electron chi connectivity index (χ3n) is 4.50. The molecule has 1 saturated heterocycles. The van der Waals surface area contributed by atoms with Crippen LogP contribution in [-0.4, -0.2) is 69.6 Å². The van der Waals surface area contributed by atoms with E-state index in [2.05, 4.69) is 0 Å². The van der Waals surface area contributed by atoms with E-state index in [0.717, 1.165) is 29.3 Å². The topological polar surface area (TPSA) is 91.8 Å². The van der Waals surface area contributed by atoms with Gasteiger partial charge in [-0.25, -0.2) is 25.6 Å². The number of amides is 1. The summed E-state index contributed by atoms with van der Waals surface area (Å²) < 4.78 is 77.2. The number of rotatable bonds is 8. The molecule has 7 nitrogen and oxygen atoms in total. The first kappa shape index (κ1) is 22.7. The van der Waals surface area contributed by atoms with Crippen LogP contribution < -0.4 is 0 Å². The molecule has 0 aromatic heterocycles. The van der Waals surface area contributed by atoms with E-state index in [1.807, 2.05) is 6.92 Å². The van der Waals surface area contributed by atoms with Crippen molar-refractivity contribution in [2.45, 2.75) is 31.1 Å². The first-order valence-electron chi connectivity index (χ1n) is 9.00. The molecule has 28 heavy (non-hydrogen) atoms. The lowest BCUT2D eigenvalue weighted by molar-refractivity contribution is -0.129. The minimum absolute atomic E-state index is 0.0144. The molecule has 0 aliphatic carbocycles. The Morgan fingerprint density at radius 3 is 2.29 bits per heavy atom. The van der Waals surface area contributed by atoms with Crippen LogP contribution in [-0.2, 0) is 24.7 Å². The summed E-state index contributed by atoms with van der Waals surface area (Å²) in [6.45, 7) is 1.67. The predicted molar refractivity (Wildman–Crippen MR) is 99.9 cm³/mol. The van der Waals surface area contributed by atoms with Gasteiger partial charge in [-0.1, -0.05) is 19.8 Å². The van der Waals surface area contributed by atoms with Gasteiger partial charge in [0.15, 0.2) is 9.84 Å². The summed E-state index contributed by atoms with van der Waals surface area (Å²) in [6, 6.07) is 2.18. The van der Waals surface area contributed by atoms with Crippen molar-refractivity contribution in [1.82, 2.24) is 9.21 Å². The Morgan fingerprint density at radius 2 is 1.68 bits per heavy atom. The van der Waals surface area contributed by atoms with Crippen LogP contribution in [0.15, 0.2) is 23.1 Å². The molecule has 1 heterocycles. The number of sulfone groups is 1. The van der Waals surface area contributed by atoms with Crippen molar-refractivity contribution in [3.8, 4) is 0 Å². The highest BCUT2D eigenvalue weighted by Gasteiger charge is 2.33. The van der Waals surface area contributed by atoms with E-state index < -0.39 is 48.1 Å². The Morgan fingerprint density at radius 1 is 1.04 bits per heavy atom. The van der Waals surface area contributed by atoms with Crippen molar-refractivity contribution >= 4 is 25.8 Å². The molecule has 2 rings (SSSR count). The minimum Gasteiger partial charge on any atom is -0.339 e. The normalized spacial score (nSPS) is 16.3. The first-order chi connectivity index (χ1) is 13.1. The van der Waals surface area contributed by atoms with Gasteiger partial charge in [-0.3, -0.25) is 4.79 Å². The van der Waals surface area contributed by atoms with Crippen molar-refractivity contribution in [3.05, 3.63) is 29.8 Å². The summed E-state index contributed by atoms with van der Waals surface area (Å²) >= 11 is 0. The van der Waals surface area contributed by atoms with E-state index in [-0.39, 0.29) is 31.9 Å². The lowest BCUT2D eigenvalue weighted by atomic mass is 10.3. The van der Waals surface area contributed by atoms with E-state index in [9.17, 15) is 30.4 Å².